The van der Waals surface area contributed by atoms with Gasteiger partial charge in [0, 0.05) is 33.2 Å². The molecule has 0 amide bonds. The summed E-state index contributed by atoms with van der Waals surface area (Å²) in [5.74, 6) is 0.370. The third-order valence-corrected chi connectivity index (χ3v) is 5.12. The second-order valence-corrected chi connectivity index (χ2v) is 7.18. The lowest BCUT2D eigenvalue weighted by atomic mass is 9.96. The summed E-state index contributed by atoms with van der Waals surface area (Å²) in [5, 5.41) is 9.32. The normalized spacial score (nSPS) is 18.7. The number of ketones is 1. The predicted molar refractivity (Wildman–Crippen MR) is 109 cm³/mol. The Hall–Kier alpha value is -2.52. The van der Waals surface area contributed by atoms with Crippen LogP contribution in [0, 0.1) is 5.92 Å². The van der Waals surface area contributed by atoms with Crippen LogP contribution in [0.4, 0.5) is 5.82 Å². The number of ether oxygens (including phenoxy) is 1. The van der Waals surface area contributed by atoms with E-state index in [4.69, 9.17) is 21.4 Å². The standard InChI is InChI=1S/C12H17N3O3.C7H9ClN2O/c1-8-3-4-15(6-10(8)18-2)11-5-9(12(16)17)13-7-14-11;1-3-5-6(8)10-7(9-5)4(2)11/h5,7-8,10H,3-4,6H2,1-2H3,(H,16,17);3H2,1-2H3,(H,9,10)/t8-,10+;/m1./s1. The number of carboxylic acid groups (broad SMARTS) is 1. The van der Waals surface area contributed by atoms with E-state index in [9.17, 15) is 9.59 Å². The fraction of sp³-hybridized carbons (Fsp3) is 0.526. The lowest BCUT2D eigenvalue weighted by molar-refractivity contribution is 0.0496. The molecule has 0 bridgehead atoms. The van der Waals surface area contributed by atoms with Crippen molar-refractivity contribution in [2.75, 3.05) is 25.1 Å². The lowest BCUT2D eigenvalue weighted by Crippen LogP contribution is -2.44. The molecule has 2 atom stereocenters. The highest BCUT2D eigenvalue weighted by Crippen LogP contribution is 2.23. The number of piperidine rings is 1. The Morgan fingerprint density at radius 3 is 2.66 bits per heavy atom. The average Bonchev–Trinajstić information content (AvgIpc) is 3.10. The summed E-state index contributed by atoms with van der Waals surface area (Å²) in [6, 6.07) is 1.50. The van der Waals surface area contributed by atoms with Crippen molar-refractivity contribution in [2.45, 2.75) is 39.7 Å². The number of rotatable bonds is 5. The SMILES string of the molecule is CCc1[nH]c(C(C)=O)nc1Cl.CO[C@H]1CN(c2cc(C(=O)O)ncn2)CC[C@H]1C. The molecule has 3 rings (SSSR count). The largest absolute Gasteiger partial charge is 0.477 e. The molecule has 158 valence electrons. The summed E-state index contributed by atoms with van der Waals surface area (Å²) >= 11 is 5.69. The quantitative estimate of drug-likeness (QED) is 0.704. The molecule has 1 aliphatic rings. The molecule has 2 N–H and O–H groups in total. The van der Waals surface area contributed by atoms with Crippen LogP contribution in [0.25, 0.3) is 0 Å². The number of carboxylic acids is 1. The van der Waals surface area contributed by atoms with Gasteiger partial charge in [0.1, 0.15) is 12.1 Å². The fourth-order valence-electron chi connectivity index (χ4n) is 2.97. The minimum absolute atomic E-state index is 0.0209. The van der Waals surface area contributed by atoms with Crippen molar-refractivity contribution in [1.29, 1.82) is 0 Å². The van der Waals surface area contributed by atoms with Crippen LogP contribution in [-0.4, -0.2) is 63.1 Å². The average molecular weight is 424 g/mol. The van der Waals surface area contributed by atoms with Crippen molar-refractivity contribution >= 4 is 29.2 Å². The molecule has 1 saturated heterocycles. The number of carbonyl (C=O) groups is 2. The number of Topliss-reactive ketones (excluding diaryl/α,β-unsaturated/α-hetero) is 1. The van der Waals surface area contributed by atoms with Gasteiger partial charge < -0.3 is 19.7 Å². The Labute approximate surface area is 174 Å². The van der Waals surface area contributed by atoms with Gasteiger partial charge in [0.25, 0.3) is 0 Å². The number of nitrogens with zero attached hydrogens (tertiary/aromatic N) is 4. The van der Waals surface area contributed by atoms with Crippen LogP contribution in [0.2, 0.25) is 5.15 Å². The number of halogens is 1. The van der Waals surface area contributed by atoms with E-state index in [2.05, 4.69) is 26.9 Å². The topological polar surface area (TPSA) is 121 Å². The Kier molecular flexibility index (Phi) is 8.10. The number of methoxy groups -OCH3 is 1. The molecule has 3 heterocycles. The van der Waals surface area contributed by atoms with Crippen molar-refractivity contribution in [1.82, 2.24) is 19.9 Å². The van der Waals surface area contributed by atoms with Crippen molar-refractivity contribution in [2.24, 2.45) is 5.92 Å². The van der Waals surface area contributed by atoms with E-state index in [1.54, 1.807) is 7.11 Å². The Morgan fingerprint density at radius 2 is 2.14 bits per heavy atom. The summed E-state index contributed by atoms with van der Waals surface area (Å²) in [5.41, 5.74) is 0.837. The van der Waals surface area contributed by atoms with Gasteiger partial charge in [-0.15, -0.1) is 0 Å². The Bertz CT molecular complexity index is 857. The number of aromatic carboxylic acids is 1. The number of aryl methyl sites for hydroxylation is 1. The predicted octanol–water partition coefficient (Wildman–Crippen LogP) is 2.86. The van der Waals surface area contributed by atoms with Crippen molar-refractivity contribution in [3.05, 3.63) is 34.8 Å². The Morgan fingerprint density at radius 1 is 1.41 bits per heavy atom. The summed E-state index contributed by atoms with van der Waals surface area (Å²) in [6.07, 6.45) is 3.21. The molecule has 29 heavy (non-hydrogen) atoms. The van der Waals surface area contributed by atoms with Crippen LogP contribution in [-0.2, 0) is 11.2 Å². The maximum absolute atomic E-state index is 10.9. The molecular weight excluding hydrogens is 398 g/mol. The van der Waals surface area contributed by atoms with Crippen molar-refractivity contribution in [3.63, 3.8) is 0 Å². The van der Waals surface area contributed by atoms with Crippen molar-refractivity contribution < 1.29 is 19.4 Å². The highest BCUT2D eigenvalue weighted by Gasteiger charge is 2.27. The summed E-state index contributed by atoms with van der Waals surface area (Å²) < 4.78 is 5.43. The highest BCUT2D eigenvalue weighted by atomic mass is 35.5. The smallest absolute Gasteiger partial charge is 0.354 e. The molecule has 1 fully saturated rings. The molecule has 10 heteroatoms. The van der Waals surface area contributed by atoms with Crippen LogP contribution in [0.5, 0.6) is 0 Å². The molecule has 9 nitrogen and oxygen atoms in total. The molecule has 2 aromatic heterocycles. The zero-order valence-electron chi connectivity index (χ0n) is 17.0. The van der Waals surface area contributed by atoms with E-state index in [1.165, 1.54) is 19.3 Å². The molecule has 0 aliphatic carbocycles. The molecule has 0 radical (unpaired) electrons. The van der Waals surface area contributed by atoms with Gasteiger partial charge in [-0.05, 0) is 18.8 Å². The number of hydrogen-bond acceptors (Lipinski definition) is 7. The zero-order chi connectivity index (χ0) is 21.6. The third-order valence-electron chi connectivity index (χ3n) is 4.80. The van der Waals surface area contributed by atoms with Crippen LogP contribution in [0.15, 0.2) is 12.4 Å². The number of aromatic amines is 1. The van der Waals surface area contributed by atoms with E-state index < -0.39 is 5.97 Å². The second-order valence-electron chi connectivity index (χ2n) is 6.82. The van der Waals surface area contributed by atoms with Crippen LogP contribution >= 0.6 is 11.6 Å². The Balaban J connectivity index is 0.000000234. The molecule has 1 aliphatic heterocycles. The number of aromatic nitrogens is 4. The monoisotopic (exact) mass is 423 g/mol. The molecule has 0 spiro atoms. The molecule has 0 saturated carbocycles. The summed E-state index contributed by atoms with van der Waals surface area (Å²) in [4.78, 5) is 38.2. The van der Waals surface area contributed by atoms with Gasteiger partial charge in [-0.3, -0.25) is 4.79 Å². The summed E-state index contributed by atoms with van der Waals surface area (Å²) in [6.45, 7) is 7.15. The second kappa shape index (κ2) is 10.3. The van der Waals surface area contributed by atoms with E-state index in [0.29, 0.717) is 22.7 Å². The van der Waals surface area contributed by atoms with Crippen LogP contribution < -0.4 is 4.90 Å². The third kappa shape index (κ3) is 5.98. The maximum Gasteiger partial charge on any atom is 0.354 e. The van der Waals surface area contributed by atoms with E-state index in [-0.39, 0.29) is 17.6 Å². The number of carbonyl (C=O) groups excluding carboxylic acids is 1. The molecule has 2 aromatic rings. The van der Waals surface area contributed by atoms with Gasteiger partial charge >= 0.3 is 5.97 Å². The van der Waals surface area contributed by atoms with Crippen LogP contribution in [0.1, 0.15) is 54.0 Å². The van der Waals surface area contributed by atoms with Gasteiger partial charge in [-0.25, -0.2) is 19.7 Å². The number of H-pyrrole nitrogens is 1. The fourth-order valence-corrected chi connectivity index (χ4v) is 3.24. The minimum Gasteiger partial charge on any atom is -0.477 e. The molecule has 0 unspecified atom stereocenters. The first-order valence-electron chi connectivity index (χ1n) is 9.35. The van der Waals surface area contributed by atoms with E-state index in [1.807, 2.05) is 11.8 Å². The van der Waals surface area contributed by atoms with Crippen molar-refractivity contribution in [3.8, 4) is 0 Å². The van der Waals surface area contributed by atoms with E-state index in [0.717, 1.165) is 31.6 Å². The summed E-state index contributed by atoms with van der Waals surface area (Å²) in [7, 11) is 1.70. The van der Waals surface area contributed by atoms with Gasteiger partial charge in [-0.2, -0.15) is 0 Å². The first-order valence-corrected chi connectivity index (χ1v) is 9.72. The van der Waals surface area contributed by atoms with Gasteiger partial charge in [-0.1, -0.05) is 25.4 Å². The molecular formula is C19H26ClN5O4. The molecule has 0 aromatic carbocycles. The maximum atomic E-state index is 10.9. The highest BCUT2D eigenvalue weighted by molar-refractivity contribution is 6.30. The van der Waals surface area contributed by atoms with Gasteiger partial charge in [0.05, 0.1) is 11.8 Å². The number of hydrogen-bond donors (Lipinski definition) is 2. The zero-order valence-corrected chi connectivity index (χ0v) is 17.7. The van der Waals surface area contributed by atoms with Crippen LogP contribution in [0.3, 0.4) is 0 Å². The number of anilines is 1. The first kappa shape index (κ1) is 22.8. The van der Waals surface area contributed by atoms with Gasteiger partial charge in [0.2, 0.25) is 0 Å². The first-order chi connectivity index (χ1) is 13.8. The minimum atomic E-state index is -1.03. The lowest BCUT2D eigenvalue weighted by Gasteiger charge is -2.36. The number of nitrogens with one attached hydrogen (secondary N) is 1. The number of imidazole rings is 1. The van der Waals surface area contributed by atoms with E-state index >= 15 is 0 Å². The van der Waals surface area contributed by atoms with Gasteiger partial charge in [0.15, 0.2) is 22.5 Å².